The van der Waals surface area contributed by atoms with Gasteiger partial charge in [-0.15, -0.1) is 12.4 Å². The Labute approximate surface area is 94.1 Å². The molecule has 0 unspecified atom stereocenters. The van der Waals surface area contributed by atoms with Gasteiger partial charge in [0.15, 0.2) is 5.75 Å². The number of nitrogen functional groups attached to an aromatic ring is 1. The van der Waals surface area contributed by atoms with Gasteiger partial charge >= 0.3 is 5.97 Å². The van der Waals surface area contributed by atoms with Gasteiger partial charge in [-0.1, -0.05) is 13.0 Å². The van der Waals surface area contributed by atoms with Gasteiger partial charge in [-0.2, -0.15) is 5.26 Å². The van der Waals surface area contributed by atoms with Gasteiger partial charge in [-0.05, 0) is 12.1 Å². The molecule has 1 rings (SSSR count). The summed E-state index contributed by atoms with van der Waals surface area (Å²) in [5, 5.41) is 8.66. The van der Waals surface area contributed by atoms with Crippen molar-refractivity contribution >= 4 is 24.1 Å². The van der Waals surface area contributed by atoms with Crippen molar-refractivity contribution in [3.05, 3.63) is 23.8 Å². The fourth-order valence-electron chi connectivity index (χ4n) is 0.925. The Hall–Kier alpha value is -1.73. The normalized spacial score (nSPS) is 8.53. The van der Waals surface area contributed by atoms with Crippen LogP contribution in [0.1, 0.15) is 18.9 Å². The van der Waals surface area contributed by atoms with Crippen LogP contribution in [0.3, 0.4) is 0 Å². The lowest BCUT2D eigenvalue weighted by molar-refractivity contribution is -0.133. The van der Waals surface area contributed by atoms with E-state index in [1.54, 1.807) is 25.1 Å². The zero-order valence-electron chi connectivity index (χ0n) is 8.19. The third-order valence-corrected chi connectivity index (χ3v) is 1.70. The van der Waals surface area contributed by atoms with Crippen LogP contribution < -0.4 is 10.5 Å². The zero-order chi connectivity index (χ0) is 10.6. The highest BCUT2D eigenvalue weighted by Crippen LogP contribution is 2.24. The van der Waals surface area contributed by atoms with Crippen LogP contribution in [-0.2, 0) is 4.79 Å². The molecule has 1 aromatic rings. The summed E-state index contributed by atoms with van der Waals surface area (Å²) < 4.78 is 4.92. The highest BCUT2D eigenvalue weighted by atomic mass is 35.5. The molecule has 2 N–H and O–H groups in total. The van der Waals surface area contributed by atoms with Gasteiger partial charge in [-0.3, -0.25) is 4.79 Å². The number of carbonyl (C=O) groups is 1. The quantitative estimate of drug-likeness (QED) is 0.475. The lowest BCUT2D eigenvalue weighted by atomic mass is 10.2. The number of benzene rings is 1. The van der Waals surface area contributed by atoms with E-state index in [2.05, 4.69) is 0 Å². The third-order valence-electron chi connectivity index (χ3n) is 1.70. The van der Waals surface area contributed by atoms with Gasteiger partial charge < -0.3 is 10.5 Å². The summed E-state index contributed by atoms with van der Waals surface area (Å²) in [7, 11) is 0. The summed E-state index contributed by atoms with van der Waals surface area (Å²) in [5.74, 6) is -0.123. The second-order valence-corrected chi connectivity index (χ2v) is 2.66. The third kappa shape index (κ3) is 3.15. The number of rotatable bonds is 2. The molecule has 0 aromatic heterocycles. The van der Waals surface area contributed by atoms with Crippen LogP contribution >= 0.6 is 12.4 Å². The van der Waals surface area contributed by atoms with Crippen LogP contribution in [-0.4, -0.2) is 5.97 Å². The molecular weight excluding hydrogens is 216 g/mol. The molecule has 0 aliphatic rings. The highest BCUT2D eigenvalue weighted by molar-refractivity contribution is 5.85. The Kier molecular flexibility index (Phi) is 5.21. The number of hydrogen-bond donors (Lipinski definition) is 1. The summed E-state index contributed by atoms with van der Waals surface area (Å²) in [6, 6.07) is 6.66. The van der Waals surface area contributed by atoms with Crippen molar-refractivity contribution < 1.29 is 9.53 Å². The standard InChI is InChI=1S/C10H10N2O2.ClH/c1-2-9(13)14-8-5-3-4-7(6-11)10(8)12;/h3-5H,2,12H2,1H3;1H. The molecule has 0 saturated carbocycles. The van der Waals surface area contributed by atoms with E-state index >= 15 is 0 Å². The largest absolute Gasteiger partial charge is 0.424 e. The molecular formula is C10H11ClN2O2. The molecule has 0 atom stereocenters. The number of hydrogen-bond acceptors (Lipinski definition) is 4. The minimum atomic E-state index is -0.369. The van der Waals surface area contributed by atoms with Crippen molar-refractivity contribution in [1.29, 1.82) is 5.26 Å². The average molecular weight is 227 g/mol. The predicted molar refractivity (Wildman–Crippen MR) is 58.7 cm³/mol. The van der Waals surface area contributed by atoms with Crippen molar-refractivity contribution in [1.82, 2.24) is 0 Å². The summed E-state index contributed by atoms with van der Waals surface area (Å²) in [6.45, 7) is 1.69. The topological polar surface area (TPSA) is 76.1 Å². The van der Waals surface area contributed by atoms with Crippen molar-refractivity contribution in [2.45, 2.75) is 13.3 Å². The predicted octanol–water partition coefficient (Wildman–Crippen LogP) is 1.88. The van der Waals surface area contributed by atoms with Crippen LogP contribution in [0, 0.1) is 11.3 Å². The molecule has 5 heteroatoms. The maximum absolute atomic E-state index is 11.0. The van der Waals surface area contributed by atoms with Crippen molar-refractivity contribution in [2.24, 2.45) is 0 Å². The smallest absolute Gasteiger partial charge is 0.310 e. The van der Waals surface area contributed by atoms with Crippen molar-refractivity contribution in [3.8, 4) is 11.8 Å². The van der Waals surface area contributed by atoms with Gasteiger partial charge in [0.2, 0.25) is 0 Å². The molecule has 0 heterocycles. The molecule has 0 radical (unpaired) electrons. The molecule has 0 fully saturated rings. The second kappa shape index (κ2) is 5.89. The Morgan fingerprint density at radius 3 is 2.80 bits per heavy atom. The van der Waals surface area contributed by atoms with Crippen LogP contribution in [0.15, 0.2) is 18.2 Å². The van der Waals surface area contributed by atoms with Crippen LogP contribution in [0.4, 0.5) is 5.69 Å². The van der Waals surface area contributed by atoms with Crippen molar-refractivity contribution in [2.75, 3.05) is 5.73 Å². The molecule has 15 heavy (non-hydrogen) atoms. The number of carbonyl (C=O) groups excluding carboxylic acids is 1. The van der Waals surface area contributed by atoms with Gasteiger partial charge in [0, 0.05) is 6.42 Å². The summed E-state index contributed by atoms with van der Waals surface area (Å²) >= 11 is 0. The highest BCUT2D eigenvalue weighted by Gasteiger charge is 2.08. The Morgan fingerprint density at radius 2 is 2.27 bits per heavy atom. The molecule has 0 aliphatic heterocycles. The molecule has 0 aliphatic carbocycles. The number of anilines is 1. The molecule has 0 bridgehead atoms. The van der Waals surface area contributed by atoms with Crippen LogP contribution in [0.25, 0.3) is 0 Å². The lowest BCUT2D eigenvalue weighted by Gasteiger charge is -2.06. The van der Waals surface area contributed by atoms with Crippen LogP contribution in [0.5, 0.6) is 5.75 Å². The molecule has 80 valence electrons. The number of halogens is 1. The molecule has 1 aromatic carbocycles. The fourth-order valence-corrected chi connectivity index (χ4v) is 0.925. The summed E-state index contributed by atoms with van der Waals surface area (Å²) in [5.41, 5.74) is 6.11. The minimum Gasteiger partial charge on any atom is -0.424 e. The minimum absolute atomic E-state index is 0. The fraction of sp³-hybridized carbons (Fsp3) is 0.200. The van der Waals surface area contributed by atoms with E-state index in [0.717, 1.165) is 0 Å². The first kappa shape index (κ1) is 13.3. The van der Waals surface area contributed by atoms with E-state index in [1.807, 2.05) is 6.07 Å². The maximum Gasteiger partial charge on any atom is 0.310 e. The summed E-state index contributed by atoms with van der Waals surface area (Å²) in [4.78, 5) is 11.0. The molecule has 0 saturated heterocycles. The Bertz CT molecular complexity index is 399. The molecule has 0 amide bonds. The second-order valence-electron chi connectivity index (χ2n) is 2.66. The zero-order valence-corrected chi connectivity index (χ0v) is 9.00. The molecule has 0 spiro atoms. The Morgan fingerprint density at radius 1 is 1.60 bits per heavy atom. The van der Waals surface area contributed by atoms with E-state index in [-0.39, 0.29) is 36.2 Å². The first-order valence-electron chi connectivity index (χ1n) is 4.18. The van der Waals surface area contributed by atoms with E-state index in [0.29, 0.717) is 5.56 Å². The monoisotopic (exact) mass is 226 g/mol. The first-order chi connectivity index (χ1) is 6.69. The van der Waals surface area contributed by atoms with Gasteiger partial charge in [0.25, 0.3) is 0 Å². The Balaban J connectivity index is 0.00000196. The average Bonchev–Trinajstić information content (AvgIpc) is 2.21. The van der Waals surface area contributed by atoms with Crippen LogP contribution in [0.2, 0.25) is 0 Å². The number of esters is 1. The van der Waals surface area contributed by atoms with E-state index in [9.17, 15) is 4.79 Å². The number of nitriles is 1. The van der Waals surface area contributed by atoms with Gasteiger partial charge in [-0.25, -0.2) is 0 Å². The van der Waals surface area contributed by atoms with Gasteiger partial charge in [0.05, 0.1) is 11.3 Å². The number of ether oxygens (including phenoxy) is 1. The number of nitrogens with zero attached hydrogens (tertiary/aromatic N) is 1. The maximum atomic E-state index is 11.0. The van der Waals surface area contributed by atoms with Crippen molar-refractivity contribution in [3.63, 3.8) is 0 Å². The summed E-state index contributed by atoms with van der Waals surface area (Å²) in [6.07, 6.45) is 0.274. The van der Waals surface area contributed by atoms with E-state index in [4.69, 9.17) is 15.7 Å². The van der Waals surface area contributed by atoms with E-state index in [1.165, 1.54) is 0 Å². The number of nitrogens with two attached hydrogens (primary N) is 1. The number of para-hydroxylation sites is 1. The molecule has 4 nitrogen and oxygen atoms in total. The lowest BCUT2D eigenvalue weighted by Crippen LogP contribution is -2.07. The van der Waals surface area contributed by atoms with Gasteiger partial charge in [0.1, 0.15) is 6.07 Å². The SMILES string of the molecule is CCC(=O)Oc1cccc(C#N)c1N.Cl. The van der Waals surface area contributed by atoms with E-state index < -0.39 is 0 Å². The first-order valence-corrected chi connectivity index (χ1v) is 4.18.